The Kier molecular flexibility index (Phi) is 7.39. The first-order chi connectivity index (χ1) is 7.77. The molecule has 2 N–H and O–H groups in total. The highest BCUT2D eigenvalue weighted by Gasteiger charge is 2.19. The van der Waals surface area contributed by atoms with Gasteiger partial charge in [-0.1, -0.05) is 27.7 Å². The number of carbonyl (C=O) groups is 1. The van der Waals surface area contributed by atoms with Crippen LogP contribution in [0.4, 0.5) is 0 Å². The average molecular weight is 244 g/mol. The zero-order valence-electron chi connectivity index (χ0n) is 12.1. The summed E-state index contributed by atoms with van der Waals surface area (Å²) in [6.45, 7) is 12.5. The van der Waals surface area contributed by atoms with Crippen molar-refractivity contribution in [1.29, 1.82) is 0 Å². The van der Waals surface area contributed by atoms with Crippen molar-refractivity contribution < 1.29 is 9.53 Å². The molecule has 0 bridgehead atoms. The van der Waals surface area contributed by atoms with E-state index in [-0.39, 0.29) is 17.4 Å². The van der Waals surface area contributed by atoms with Gasteiger partial charge in [-0.2, -0.15) is 0 Å². The molecule has 0 aromatic rings. The van der Waals surface area contributed by atoms with Crippen LogP contribution in [0.25, 0.3) is 0 Å². The molecule has 0 aliphatic carbocycles. The molecule has 17 heavy (non-hydrogen) atoms. The minimum atomic E-state index is 0.0238. The van der Waals surface area contributed by atoms with E-state index in [1.807, 2.05) is 6.92 Å². The highest BCUT2D eigenvalue weighted by atomic mass is 16.5. The largest absolute Gasteiger partial charge is 0.383 e. The topological polar surface area (TPSA) is 50.4 Å². The van der Waals surface area contributed by atoms with Crippen LogP contribution < -0.4 is 10.6 Å². The monoisotopic (exact) mass is 244 g/mol. The summed E-state index contributed by atoms with van der Waals surface area (Å²) in [5.41, 5.74) is 0.271. The molecule has 0 radical (unpaired) electrons. The van der Waals surface area contributed by atoms with Gasteiger partial charge >= 0.3 is 0 Å². The van der Waals surface area contributed by atoms with Crippen molar-refractivity contribution in [2.45, 2.75) is 40.7 Å². The van der Waals surface area contributed by atoms with Gasteiger partial charge in [0.05, 0.1) is 13.2 Å². The maximum absolute atomic E-state index is 11.5. The summed E-state index contributed by atoms with van der Waals surface area (Å²) in [7, 11) is 1.63. The van der Waals surface area contributed by atoms with Crippen molar-refractivity contribution in [3.8, 4) is 0 Å². The number of hydrogen-bond donors (Lipinski definition) is 2. The predicted molar refractivity (Wildman–Crippen MR) is 71.0 cm³/mol. The zero-order chi connectivity index (χ0) is 13.5. The summed E-state index contributed by atoms with van der Waals surface area (Å²) >= 11 is 0. The number of hydrogen-bond acceptors (Lipinski definition) is 3. The van der Waals surface area contributed by atoms with E-state index in [1.165, 1.54) is 0 Å². The van der Waals surface area contributed by atoms with Crippen LogP contribution in [0.5, 0.6) is 0 Å². The fourth-order valence-electron chi connectivity index (χ4n) is 1.33. The first-order valence-electron chi connectivity index (χ1n) is 6.26. The molecule has 102 valence electrons. The first-order valence-corrected chi connectivity index (χ1v) is 6.26. The Morgan fingerprint density at radius 3 is 2.35 bits per heavy atom. The molecule has 0 saturated heterocycles. The minimum absolute atomic E-state index is 0.0238. The fraction of sp³-hybridized carbons (Fsp3) is 0.923. The lowest BCUT2D eigenvalue weighted by molar-refractivity contribution is -0.121. The summed E-state index contributed by atoms with van der Waals surface area (Å²) in [4.78, 5) is 11.5. The van der Waals surface area contributed by atoms with Crippen LogP contribution in [-0.2, 0) is 9.53 Å². The summed E-state index contributed by atoms with van der Waals surface area (Å²) in [5, 5.41) is 6.05. The second kappa shape index (κ2) is 7.67. The van der Waals surface area contributed by atoms with E-state index in [0.29, 0.717) is 19.1 Å². The molecule has 0 saturated carbocycles. The second-order valence-corrected chi connectivity index (χ2v) is 5.82. The normalized spacial score (nSPS) is 15.4. The van der Waals surface area contributed by atoms with Gasteiger partial charge in [0.15, 0.2) is 0 Å². The molecule has 4 nitrogen and oxygen atoms in total. The SMILES string of the molecule is COCC(C)NC(=O)CNCC(C)C(C)(C)C. The summed E-state index contributed by atoms with van der Waals surface area (Å²) in [6.07, 6.45) is 0. The van der Waals surface area contributed by atoms with Gasteiger partial charge in [-0.25, -0.2) is 0 Å². The van der Waals surface area contributed by atoms with Crippen molar-refractivity contribution in [2.24, 2.45) is 11.3 Å². The van der Waals surface area contributed by atoms with Crippen LogP contribution in [0.2, 0.25) is 0 Å². The smallest absolute Gasteiger partial charge is 0.234 e. The fourth-order valence-corrected chi connectivity index (χ4v) is 1.33. The van der Waals surface area contributed by atoms with E-state index in [4.69, 9.17) is 4.74 Å². The van der Waals surface area contributed by atoms with Crippen molar-refractivity contribution in [2.75, 3.05) is 26.8 Å². The van der Waals surface area contributed by atoms with E-state index >= 15 is 0 Å². The number of amides is 1. The molecule has 0 aromatic carbocycles. The Labute approximate surface area is 105 Å². The lowest BCUT2D eigenvalue weighted by Gasteiger charge is -2.27. The molecule has 0 aliphatic rings. The third-order valence-electron chi connectivity index (χ3n) is 3.04. The number of ether oxygens (including phenoxy) is 1. The zero-order valence-corrected chi connectivity index (χ0v) is 12.1. The minimum Gasteiger partial charge on any atom is -0.383 e. The average Bonchev–Trinajstić information content (AvgIpc) is 2.16. The quantitative estimate of drug-likeness (QED) is 0.712. The molecule has 2 unspecified atom stereocenters. The van der Waals surface area contributed by atoms with Gasteiger partial charge in [-0.05, 0) is 24.8 Å². The third kappa shape index (κ3) is 8.16. The van der Waals surface area contributed by atoms with Gasteiger partial charge < -0.3 is 15.4 Å². The molecule has 0 rings (SSSR count). The Morgan fingerprint density at radius 2 is 1.88 bits per heavy atom. The highest BCUT2D eigenvalue weighted by Crippen LogP contribution is 2.24. The Hall–Kier alpha value is -0.610. The second-order valence-electron chi connectivity index (χ2n) is 5.82. The summed E-state index contributed by atoms with van der Waals surface area (Å²) < 4.78 is 4.96. The molecule has 0 heterocycles. The van der Waals surface area contributed by atoms with E-state index in [9.17, 15) is 4.79 Å². The van der Waals surface area contributed by atoms with Crippen LogP contribution in [-0.4, -0.2) is 38.8 Å². The number of carbonyl (C=O) groups excluding carboxylic acids is 1. The number of methoxy groups -OCH3 is 1. The van der Waals surface area contributed by atoms with Crippen molar-refractivity contribution >= 4 is 5.91 Å². The van der Waals surface area contributed by atoms with Gasteiger partial charge in [0.2, 0.25) is 5.91 Å². The standard InChI is InChI=1S/C13H28N2O2/c1-10(13(3,4)5)7-14-8-12(16)15-11(2)9-17-6/h10-11,14H,7-9H2,1-6H3,(H,15,16). The predicted octanol–water partition coefficient (Wildman–Crippen LogP) is 1.41. The molecule has 1 amide bonds. The van der Waals surface area contributed by atoms with Crippen LogP contribution in [0.15, 0.2) is 0 Å². The van der Waals surface area contributed by atoms with Crippen LogP contribution in [0.3, 0.4) is 0 Å². The van der Waals surface area contributed by atoms with E-state index in [2.05, 4.69) is 38.3 Å². The van der Waals surface area contributed by atoms with Gasteiger partial charge in [-0.3, -0.25) is 4.79 Å². The molecule has 0 aliphatic heterocycles. The Bertz CT molecular complexity index is 224. The number of rotatable bonds is 7. The maximum Gasteiger partial charge on any atom is 0.234 e. The van der Waals surface area contributed by atoms with Crippen molar-refractivity contribution in [3.63, 3.8) is 0 Å². The Balaban J connectivity index is 3.72. The summed E-state index contributed by atoms with van der Waals surface area (Å²) in [6, 6.07) is 0.0642. The maximum atomic E-state index is 11.5. The van der Waals surface area contributed by atoms with E-state index < -0.39 is 0 Å². The van der Waals surface area contributed by atoms with Gasteiger partial charge in [-0.15, -0.1) is 0 Å². The highest BCUT2D eigenvalue weighted by molar-refractivity contribution is 5.78. The molecule has 0 fully saturated rings. The Morgan fingerprint density at radius 1 is 1.29 bits per heavy atom. The van der Waals surface area contributed by atoms with Gasteiger partial charge in [0.25, 0.3) is 0 Å². The van der Waals surface area contributed by atoms with Gasteiger partial charge in [0.1, 0.15) is 0 Å². The van der Waals surface area contributed by atoms with Gasteiger partial charge in [0, 0.05) is 13.2 Å². The number of nitrogens with one attached hydrogen (secondary N) is 2. The van der Waals surface area contributed by atoms with Crippen LogP contribution in [0, 0.1) is 11.3 Å². The van der Waals surface area contributed by atoms with Crippen LogP contribution >= 0.6 is 0 Å². The van der Waals surface area contributed by atoms with Crippen molar-refractivity contribution in [1.82, 2.24) is 10.6 Å². The van der Waals surface area contributed by atoms with E-state index in [0.717, 1.165) is 6.54 Å². The molecule has 0 spiro atoms. The third-order valence-corrected chi connectivity index (χ3v) is 3.04. The lowest BCUT2D eigenvalue weighted by atomic mass is 9.82. The van der Waals surface area contributed by atoms with Crippen molar-refractivity contribution in [3.05, 3.63) is 0 Å². The summed E-state index contributed by atoms with van der Waals surface area (Å²) in [5.74, 6) is 0.558. The lowest BCUT2D eigenvalue weighted by Crippen LogP contribution is -2.42. The molecular weight excluding hydrogens is 216 g/mol. The molecule has 0 aromatic heterocycles. The van der Waals surface area contributed by atoms with E-state index in [1.54, 1.807) is 7.11 Å². The molecule has 2 atom stereocenters. The molecule has 4 heteroatoms. The van der Waals surface area contributed by atoms with Crippen LogP contribution in [0.1, 0.15) is 34.6 Å². The molecular formula is C13H28N2O2. The first kappa shape index (κ1) is 16.4.